The number of nitriles is 1. The molecule has 0 saturated carbocycles. The van der Waals surface area contributed by atoms with E-state index in [1.807, 2.05) is 11.0 Å². The molecule has 0 spiro atoms. The highest BCUT2D eigenvalue weighted by molar-refractivity contribution is 5.84. The van der Waals surface area contributed by atoms with Crippen molar-refractivity contribution in [1.29, 1.82) is 5.26 Å². The van der Waals surface area contributed by atoms with Gasteiger partial charge in [0.15, 0.2) is 17.0 Å². The largest absolute Gasteiger partial charge is 0.389 e. The molecule has 2 aliphatic heterocycles. The van der Waals surface area contributed by atoms with Crippen LogP contribution in [0.15, 0.2) is 12.7 Å². The lowest BCUT2D eigenvalue weighted by Crippen LogP contribution is -2.62. The summed E-state index contributed by atoms with van der Waals surface area (Å²) in [5, 5.41) is 29.3. The second-order valence-corrected chi connectivity index (χ2v) is 6.80. The molecule has 0 bridgehead atoms. The first-order chi connectivity index (χ1) is 12.1. The van der Waals surface area contributed by atoms with E-state index in [2.05, 4.69) is 15.0 Å². The molecule has 4 rings (SSSR count). The molecule has 0 radical (unpaired) electrons. The Labute approximate surface area is 144 Å². The molecule has 0 amide bonds. The quantitative estimate of drug-likeness (QED) is 0.767. The van der Waals surface area contributed by atoms with E-state index in [0.717, 1.165) is 12.8 Å². The summed E-state index contributed by atoms with van der Waals surface area (Å²) in [5.74, 6) is 0.637. The molecule has 2 N–H and O–H groups in total. The highest BCUT2D eigenvalue weighted by Crippen LogP contribution is 2.32. The van der Waals surface area contributed by atoms with Crippen LogP contribution in [0.3, 0.4) is 0 Å². The van der Waals surface area contributed by atoms with Crippen LogP contribution in [0, 0.1) is 11.3 Å². The third-order valence-corrected chi connectivity index (χ3v) is 4.84. The minimum absolute atomic E-state index is 0.0970. The normalized spacial score (nSPS) is 23.4. The predicted molar refractivity (Wildman–Crippen MR) is 87.7 cm³/mol. The first-order valence-electron chi connectivity index (χ1n) is 8.39. The van der Waals surface area contributed by atoms with Crippen molar-refractivity contribution in [2.24, 2.45) is 0 Å². The lowest BCUT2D eigenvalue weighted by atomic mass is 9.91. The standard InChI is InChI=1S/C16H20N6O3/c17-4-3-16(24)7-22(8-16)15-13-14(18-9-19-15)21(10-20-13)6-11(23)12-2-1-5-25-12/h9-12,23-24H,1-3,5-8H2. The number of aliphatic hydroxyl groups excluding tert-OH is 1. The number of β-amino-alcohol motifs (C(OH)–C–C–N with tert-alkyl or cyclic N) is 1. The monoisotopic (exact) mass is 344 g/mol. The number of hydrogen-bond donors (Lipinski definition) is 2. The molecular formula is C16H20N6O3. The summed E-state index contributed by atoms with van der Waals surface area (Å²) in [6.45, 7) is 1.74. The number of ether oxygens (including phenoxy) is 1. The van der Waals surface area contributed by atoms with E-state index in [0.29, 0.717) is 43.2 Å². The van der Waals surface area contributed by atoms with Crippen LogP contribution in [0.1, 0.15) is 19.3 Å². The summed E-state index contributed by atoms with van der Waals surface area (Å²) in [4.78, 5) is 14.8. The van der Waals surface area contributed by atoms with Crippen LogP contribution in [0.2, 0.25) is 0 Å². The van der Waals surface area contributed by atoms with E-state index in [4.69, 9.17) is 10.00 Å². The molecule has 2 aromatic heterocycles. The molecule has 2 unspecified atom stereocenters. The Morgan fingerprint density at radius 3 is 2.96 bits per heavy atom. The van der Waals surface area contributed by atoms with Gasteiger partial charge in [0.05, 0.1) is 50.7 Å². The minimum Gasteiger partial charge on any atom is -0.389 e. The van der Waals surface area contributed by atoms with Crippen molar-refractivity contribution in [3.63, 3.8) is 0 Å². The van der Waals surface area contributed by atoms with Gasteiger partial charge in [0.1, 0.15) is 11.9 Å². The molecule has 2 saturated heterocycles. The zero-order valence-corrected chi connectivity index (χ0v) is 13.7. The summed E-state index contributed by atoms with van der Waals surface area (Å²) < 4.78 is 7.33. The van der Waals surface area contributed by atoms with Crippen molar-refractivity contribution in [2.45, 2.75) is 43.6 Å². The predicted octanol–water partition coefficient (Wildman–Crippen LogP) is -0.169. The number of nitrogens with zero attached hydrogens (tertiary/aromatic N) is 6. The topological polar surface area (TPSA) is 120 Å². The second-order valence-electron chi connectivity index (χ2n) is 6.80. The van der Waals surface area contributed by atoms with Crippen molar-refractivity contribution < 1.29 is 14.9 Å². The maximum Gasteiger partial charge on any atom is 0.165 e. The molecule has 9 heteroatoms. The van der Waals surface area contributed by atoms with Crippen LogP contribution in [0.25, 0.3) is 11.2 Å². The van der Waals surface area contributed by atoms with E-state index in [9.17, 15) is 10.2 Å². The molecule has 0 aromatic carbocycles. The molecule has 0 aliphatic carbocycles. The van der Waals surface area contributed by atoms with Gasteiger partial charge in [0, 0.05) is 6.61 Å². The number of hydrogen-bond acceptors (Lipinski definition) is 8. The molecule has 2 aliphatic rings. The highest BCUT2D eigenvalue weighted by atomic mass is 16.5. The molecule has 2 fully saturated rings. The summed E-state index contributed by atoms with van der Waals surface area (Å²) in [6.07, 6.45) is 4.27. The van der Waals surface area contributed by atoms with Crippen LogP contribution in [-0.2, 0) is 11.3 Å². The lowest BCUT2D eigenvalue weighted by molar-refractivity contribution is -0.00902. The van der Waals surface area contributed by atoms with Crippen molar-refractivity contribution in [2.75, 3.05) is 24.6 Å². The molecule has 132 valence electrons. The fourth-order valence-corrected chi connectivity index (χ4v) is 3.53. The number of fused-ring (bicyclic) bond motifs is 1. The molecule has 25 heavy (non-hydrogen) atoms. The number of aromatic nitrogens is 4. The third kappa shape index (κ3) is 2.93. The van der Waals surface area contributed by atoms with E-state index in [1.165, 1.54) is 6.33 Å². The zero-order valence-electron chi connectivity index (χ0n) is 13.7. The zero-order chi connectivity index (χ0) is 17.4. The maximum absolute atomic E-state index is 10.4. The SMILES string of the molecule is N#CCC1(O)CN(c2ncnc3c2ncn3CC(O)C2CCCO2)C1. The Morgan fingerprint density at radius 1 is 1.40 bits per heavy atom. The average molecular weight is 344 g/mol. The van der Waals surface area contributed by atoms with Gasteiger partial charge in [0.25, 0.3) is 0 Å². The summed E-state index contributed by atoms with van der Waals surface area (Å²) >= 11 is 0. The van der Waals surface area contributed by atoms with Gasteiger partial charge in [-0.2, -0.15) is 5.26 Å². The van der Waals surface area contributed by atoms with Crippen molar-refractivity contribution >= 4 is 17.0 Å². The fraction of sp³-hybridized carbons (Fsp3) is 0.625. The number of aliphatic hydroxyl groups is 2. The third-order valence-electron chi connectivity index (χ3n) is 4.84. The van der Waals surface area contributed by atoms with Gasteiger partial charge >= 0.3 is 0 Å². The van der Waals surface area contributed by atoms with Crippen LogP contribution in [0.5, 0.6) is 0 Å². The minimum atomic E-state index is -0.982. The van der Waals surface area contributed by atoms with Gasteiger partial charge in [-0.15, -0.1) is 0 Å². The summed E-state index contributed by atoms with van der Waals surface area (Å²) in [6, 6.07) is 2.00. The van der Waals surface area contributed by atoms with E-state index in [1.54, 1.807) is 10.9 Å². The van der Waals surface area contributed by atoms with Crippen molar-refractivity contribution in [3.8, 4) is 6.07 Å². The van der Waals surface area contributed by atoms with Crippen molar-refractivity contribution in [1.82, 2.24) is 19.5 Å². The van der Waals surface area contributed by atoms with Crippen LogP contribution in [-0.4, -0.2) is 67.2 Å². The lowest BCUT2D eigenvalue weighted by Gasteiger charge is -2.45. The number of rotatable bonds is 5. The Balaban J connectivity index is 1.54. The van der Waals surface area contributed by atoms with Crippen LogP contribution in [0.4, 0.5) is 5.82 Å². The van der Waals surface area contributed by atoms with Gasteiger partial charge in [0.2, 0.25) is 0 Å². The van der Waals surface area contributed by atoms with Gasteiger partial charge in [-0.05, 0) is 12.8 Å². The number of imidazole rings is 1. The van der Waals surface area contributed by atoms with Gasteiger partial charge < -0.3 is 24.4 Å². The van der Waals surface area contributed by atoms with Gasteiger partial charge in [-0.1, -0.05) is 0 Å². The second kappa shape index (κ2) is 6.22. The Bertz CT molecular complexity index is 804. The summed E-state index contributed by atoms with van der Waals surface area (Å²) in [7, 11) is 0. The Kier molecular flexibility index (Phi) is 4.03. The summed E-state index contributed by atoms with van der Waals surface area (Å²) in [5.41, 5.74) is 0.281. The van der Waals surface area contributed by atoms with E-state index < -0.39 is 11.7 Å². The van der Waals surface area contributed by atoms with Crippen molar-refractivity contribution in [3.05, 3.63) is 12.7 Å². The number of anilines is 1. The van der Waals surface area contributed by atoms with Crippen LogP contribution < -0.4 is 4.90 Å². The maximum atomic E-state index is 10.4. The highest BCUT2D eigenvalue weighted by Gasteiger charge is 2.42. The molecular weight excluding hydrogens is 324 g/mol. The fourth-order valence-electron chi connectivity index (χ4n) is 3.53. The first kappa shape index (κ1) is 16.2. The van der Waals surface area contributed by atoms with E-state index >= 15 is 0 Å². The molecule has 4 heterocycles. The molecule has 2 atom stereocenters. The van der Waals surface area contributed by atoms with Crippen LogP contribution >= 0.6 is 0 Å². The van der Waals surface area contributed by atoms with Gasteiger partial charge in [-0.3, -0.25) is 0 Å². The molecule has 9 nitrogen and oxygen atoms in total. The smallest absolute Gasteiger partial charge is 0.165 e. The first-order valence-corrected chi connectivity index (χ1v) is 8.39. The Morgan fingerprint density at radius 2 is 2.24 bits per heavy atom. The Hall–Kier alpha value is -2.28. The van der Waals surface area contributed by atoms with E-state index in [-0.39, 0.29) is 12.5 Å². The van der Waals surface area contributed by atoms with Gasteiger partial charge in [-0.25, -0.2) is 15.0 Å². The average Bonchev–Trinajstić information content (AvgIpc) is 3.23. The molecule has 2 aromatic rings.